The van der Waals surface area contributed by atoms with Crippen molar-refractivity contribution in [3.63, 3.8) is 0 Å². The van der Waals surface area contributed by atoms with Gasteiger partial charge in [-0.25, -0.2) is 0 Å². The number of ether oxygens (including phenoxy) is 3. The first-order valence-electron chi connectivity index (χ1n) is 9.75. The minimum absolute atomic E-state index is 0.231. The zero-order valence-electron chi connectivity index (χ0n) is 18.5. The van der Waals surface area contributed by atoms with Gasteiger partial charge in [0.1, 0.15) is 0 Å². The van der Waals surface area contributed by atoms with Gasteiger partial charge in [-0.15, -0.1) is 0 Å². The van der Waals surface area contributed by atoms with Crippen LogP contribution < -0.4 is 30.2 Å². The highest BCUT2D eigenvalue weighted by atomic mass is 32.1. The zero-order valence-corrected chi connectivity index (χ0v) is 19.3. The maximum atomic E-state index is 13.4. The number of thiocarbonyl (C=S) groups is 1. The third kappa shape index (κ3) is 4.59. The second-order valence-electron chi connectivity index (χ2n) is 7.30. The SMILES string of the molecule is COc1cc([C@H]2NC(=S)NC(C)=C2C(=O)Nc2ccc(C)cc2C)cc(OC)c1OC. The molecular formula is C23H27N3O4S. The summed E-state index contributed by atoms with van der Waals surface area (Å²) in [6.07, 6.45) is 0. The molecule has 2 aromatic carbocycles. The van der Waals surface area contributed by atoms with E-state index in [-0.39, 0.29) is 5.91 Å². The molecule has 8 heteroatoms. The molecule has 0 saturated carbocycles. The number of amides is 1. The Morgan fingerprint density at radius 2 is 1.65 bits per heavy atom. The van der Waals surface area contributed by atoms with Gasteiger partial charge in [0.25, 0.3) is 5.91 Å². The standard InChI is InChI=1S/C23H27N3O4S/c1-12-7-8-16(13(2)9-12)25-22(27)19-14(3)24-23(31)26-20(19)15-10-17(28-4)21(30-6)18(11-15)29-5/h7-11,20H,1-6H3,(H,25,27)(H2,24,26,31)/t20-/m1/s1. The van der Waals surface area contributed by atoms with E-state index in [0.717, 1.165) is 22.4 Å². The molecule has 0 bridgehead atoms. The molecule has 0 saturated heterocycles. The van der Waals surface area contributed by atoms with Crippen LogP contribution in [0.15, 0.2) is 41.6 Å². The lowest BCUT2D eigenvalue weighted by molar-refractivity contribution is -0.113. The number of anilines is 1. The summed E-state index contributed by atoms with van der Waals surface area (Å²) < 4.78 is 16.4. The van der Waals surface area contributed by atoms with E-state index in [1.807, 2.05) is 51.1 Å². The molecule has 0 spiro atoms. The normalized spacial score (nSPS) is 15.7. The average molecular weight is 442 g/mol. The second-order valence-corrected chi connectivity index (χ2v) is 7.71. The quantitative estimate of drug-likeness (QED) is 0.589. The van der Waals surface area contributed by atoms with Crippen LogP contribution in [0.25, 0.3) is 0 Å². The van der Waals surface area contributed by atoms with Gasteiger partial charge in [0, 0.05) is 11.4 Å². The molecule has 1 aliphatic heterocycles. The largest absolute Gasteiger partial charge is 0.493 e. The first kappa shape index (κ1) is 22.4. The number of methoxy groups -OCH3 is 3. The molecule has 1 heterocycles. The fourth-order valence-electron chi connectivity index (χ4n) is 3.66. The molecule has 2 aromatic rings. The van der Waals surface area contributed by atoms with Crippen molar-refractivity contribution >= 4 is 28.9 Å². The summed E-state index contributed by atoms with van der Waals surface area (Å²) in [6.45, 7) is 5.81. The summed E-state index contributed by atoms with van der Waals surface area (Å²) in [5.41, 5.74) is 4.82. The number of benzene rings is 2. The fraction of sp³-hybridized carbons (Fsp3) is 0.304. The highest BCUT2D eigenvalue weighted by molar-refractivity contribution is 7.80. The monoisotopic (exact) mass is 441 g/mol. The Morgan fingerprint density at radius 3 is 2.19 bits per heavy atom. The Bertz CT molecular complexity index is 1040. The average Bonchev–Trinajstić information content (AvgIpc) is 2.73. The summed E-state index contributed by atoms with van der Waals surface area (Å²) >= 11 is 5.36. The second kappa shape index (κ2) is 9.26. The smallest absolute Gasteiger partial charge is 0.255 e. The number of carbonyl (C=O) groups excluding carboxylic acids is 1. The van der Waals surface area contributed by atoms with Gasteiger partial charge in [-0.2, -0.15) is 0 Å². The number of rotatable bonds is 6. The van der Waals surface area contributed by atoms with E-state index in [2.05, 4.69) is 16.0 Å². The maximum Gasteiger partial charge on any atom is 0.255 e. The number of hydrogen-bond acceptors (Lipinski definition) is 5. The molecule has 0 fully saturated rings. The van der Waals surface area contributed by atoms with Crippen molar-refractivity contribution in [3.8, 4) is 17.2 Å². The fourth-order valence-corrected chi connectivity index (χ4v) is 3.93. The molecule has 0 unspecified atom stereocenters. The van der Waals surface area contributed by atoms with Gasteiger partial charge in [-0.3, -0.25) is 4.79 Å². The Balaban J connectivity index is 2.05. The van der Waals surface area contributed by atoms with Crippen LogP contribution in [0.1, 0.15) is 29.7 Å². The number of allylic oxidation sites excluding steroid dienone is 1. The Hall–Kier alpha value is -3.26. The predicted molar refractivity (Wildman–Crippen MR) is 125 cm³/mol. The predicted octanol–water partition coefficient (Wildman–Crippen LogP) is 3.76. The molecule has 3 rings (SSSR count). The number of carbonyl (C=O) groups is 1. The van der Waals surface area contributed by atoms with Gasteiger partial charge >= 0.3 is 0 Å². The van der Waals surface area contributed by atoms with Crippen molar-refractivity contribution in [1.29, 1.82) is 0 Å². The van der Waals surface area contributed by atoms with Crippen molar-refractivity contribution in [2.24, 2.45) is 0 Å². The first-order valence-corrected chi connectivity index (χ1v) is 10.2. The molecule has 1 atom stereocenters. The molecule has 0 radical (unpaired) electrons. The van der Waals surface area contributed by atoms with Crippen LogP contribution in [0.5, 0.6) is 17.2 Å². The van der Waals surface area contributed by atoms with Crippen molar-refractivity contribution in [3.05, 3.63) is 58.3 Å². The van der Waals surface area contributed by atoms with Crippen molar-refractivity contribution in [1.82, 2.24) is 10.6 Å². The van der Waals surface area contributed by atoms with Crippen molar-refractivity contribution in [2.75, 3.05) is 26.6 Å². The van der Waals surface area contributed by atoms with E-state index in [0.29, 0.717) is 33.6 Å². The van der Waals surface area contributed by atoms with Gasteiger partial charge in [-0.1, -0.05) is 17.7 Å². The van der Waals surface area contributed by atoms with Crippen molar-refractivity contribution in [2.45, 2.75) is 26.8 Å². The number of aryl methyl sites for hydroxylation is 2. The summed E-state index contributed by atoms with van der Waals surface area (Å²) in [6, 6.07) is 9.01. The van der Waals surface area contributed by atoms with E-state index in [9.17, 15) is 4.79 Å². The Labute approximate surface area is 187 Å². The molecule has 7 nitrogen and oxygen atoms in total. The van der Waals surface area contributed by atoms with Crippen LogP contribution in [0, 0.1) is 13.8 Å². The van der Waals surface area contributed by atoms with E-state index < -0.39 is 6.04 Å². The molecular weight excluding hydrogens is 414 g/mol. The Morgan fingerprint density at radius 1 is 1.00 bits per heavy atom. The number of nitrogens with one attached hydrogen (secondary N) is 3. The zero-order chi connectivity index (χ0) is 22.7. The molecule has 1 aliphatic rings. The summed E-state index contributed by atoms with van der Waals surface area (Å²) in [5.74, 6) is 1.24. The van der Waals surface area contributed by atoms with Crippen LogP contribution in [0.2, 0.25) is 0 Å². The summed E-state index contributed by atoms with van der Waals surface area (Å²) in [5, 5.41) is 9.70. The first-order chi connectivity index (χ1) is 14.8. The molecule has 0 aliphatic carbocycles. The van der Waals surface area contributed by atoms with Gasteiger partial charge < -0.3 is 30.2 Å². The van der Waals surface area contributed by atoms with Crippen LogP contribution in [-0.4, -0.2) is 32.3 Å². The third-order valence-corrected chi connectivity index (χ3v) is 5.38. The van der Waals surface area contributed by atoms with E-state index in [1.54, 1.807) is 21.3 Å². The molecule has 164 valence electrons. The van der Waals surface area contributed by atoms with Crippen LogP contribution in [0.4, 0.5) is 5.69 Å². The highest BCUT2D eigenvalue weighted by Crippen LogP contribution is 2.41. The molecule has 0 aromatic heterocycles. The van der Waals surface area contributed by atoms with E-state index in [1.165, 1.54) is 0 Å². The van der Waals surface area contributed by atoms with Gasteiger partial charge in [0.15, 0.2) is 16.6 Å². The van der Waals surface area contributed by atoms with Gasteiger partial charge in [0.05, 0.1) is 32.9 Å². The van der Waals surface area contributed by atoms with E-state index >= 15 is 0 Å². The summed E-state index contributed by atoms with van der Waals surface area (Å²) in [4.78, 5) is 13.4. The molecule has 31 heavy (non-hydrogen) atoms. The highest BCUT2D eigenvalue weighted by Gasteiger charge is 2.31. The molecule has 1 amide bonds. The van der Waals surface area contributed by atoms with Crippen LogP contribution in [-0.2, 0) is 4.79 Å². The lowest BCUT2D eigenvalue weighted by Crippen LogP contribution is -2.45. The van der Waals surface area contributed by atoms with E-state index in [4.69, 9.17) is 26.4 Å². The minimum Gasteiger partial charge on any atom is -0.493 e. The van der Waals surface area contributed by atoms with Crippen LogP contribution in [0.3, 0.4) is 0 Å². The van der Waals surface area contributed by atoms with Gasteiger partial charge in [-0.05, 0) is 62.3 Å². The third-order valence-electron chi connectivity index (χ3n) is 5.16. The van der Waals surface area contributed by atoms with Crippen molar-refractivity contribution < 1.29 is 19.0 Å². The number of hydrogen-bond donors (Lipinski definition) is 3. The van der Waals surface area contributed by atoms with Crippen LogP contribution >= 0.6 is 12.2 Å². The van der Waals surface area contributed by atoms with Gasteiger partial charge in [0.2, 0.25) is 5.75 Å². The lowest BCUT2D eigenvalue weighted by Gasteiger charge is -2.31. The Kier molecular flexibility index (Phi) is 6.70. The molecule has 3 N–H and O–H groups in total. The maximum absolute atomic E-state index is 13.4. The summed E-state index contributed by atoms with van der Waals surface area (Å²) in [7, 11) is 4.65. The lowest BCUT2D eigenvalue weighted by atomic mass is 9.94. The topological polar surface area (TPSA) is 80.9 Å². The minimum atomic E-state index is -0.506.